The first kappa shape index (κ1) is 11.3. The molecule has 1 N–H and O–H groups in total. The van der Waals surface area contributed by atoms with Crippen LogP contribution in [-0.4, -0.2) is 11.7 Å². The Labute approximate surface area is 86.8 Å². The molecular formula is C13H20O. The van der Waals surface area contributed by atoms with Crippen molar-refractivity contribution in [2.45, 2.75) is 34.1 Å². The summed E-state index contributed by atoms with van der Waals surface area (Å²) < 4.78 is 0. The molecule has 1 aromatic carbocycles. The molecule has 1 unspecified atom stereocenters. The van der Waals surface area contributed by atoms with Gasteiger partial charge < -0.3 is 5.11 Å². The van der Waals surface area contributed by atoms with E-state index >= 15 is 0 Å². The van der Waals surface area contributed by atoms with Crippen molar-refractivity contribution in [1.29, 1.82) is 0 Å². The third-order valence-corrected chi connectivity index (χ3v) is 2.70. The van der Waals surface area contributed by atoms with Gasteiger partial charge in [-0.05, 0) is 49.8 Å². The fraction of sp³-hybridized carbons (Fsp3) is 0.538. The van der Waals surface area contributed by atoms with Crippen LogP contribution >= 0.6 is 0 Å². The second kappa shape index (κ2) is 4.61. The number of aryl methyl sites for hydroxylation is 3. The summed E-state index contributed by atoms with van der Waals surface area (Å²) >= 11 is 0. The molecule has 0 aliphatic carbocycles. The minimum absolute atomic E-state index is 0.271. The summed E-state index contributed by atoms with van der Waals surface area (Å²) in [6.07, 6.45) is 0.981. The van der Waals surface area contributed by atoms with Crippen molar-refractivity contribution in [1.82, 2.24) is 0 Å². The molecule has 14 heavy (non-hydrogen) atoms. The highest BCUT2D eigenvalue weighted by Crippen LogP contribution is 2.19. The van der Waals surface area contributed by atoms with E-state index < -0.39 is 0 Å². The molecule has 0 aliphatic heterocycles. The van der Waals surface area contributed by atoms with E-state index in [-0.39, 0.29) is 6.61 Å². The molecule has 0 aromatic heterocycles. The van der Waals surface area contributed by atoms with Crippen LogP contribution in [0.1, 0.15) is 29.2 Å². The Morgan fingerprint density at radius 1 is 1.14 bits per heavy atom. The van der Waals surface area contributed by atoms with Crippen LogP contribution in [0.25, 0.3) is 0 Å². The molecule has 0 radical (unpaired) electrons. The zero-order chi connectivity index (χ0) is 10.7. The van der Waals surface area contributed by atoms with Crippen molar-refractivity contribution in [3.63, 3.8) is 0 Å². The number of hydrogen-bond donors (Lipinski definition) is 1. The number of aliphatic hydroxyl groups is 1. The van der Waals surface area contributed by atoms with Gasteiger partial charge in [0.15, 0.2) is 0 Å². The highest BCUT2D eigenvalue weighted by Gasteiger charge is 2.07. The monoisotopic (exact) mass is 192 g/mol. The van der Waals surface area contributed by atoms with Gasteiger partial charge in [-0.1, -0.05) is 24.6 Å². The van der Waals surface area contributed by atoms with Gasteiger partial charge in [-0.2, -0.15) is 0 Å². The summed E-state index contributed by atoms with van der Waals surface area (Å²) in [6, 6.07) is 4.43. The maximum absolute atomic E-state index is 9.03. The number of hydrogen-bond acceptors (Lipinski definition) is 1. The Morgan fingerprint density at radius 2 is 1.64 bits per heavy atom. The minimum atomic E-state index is 0.271. The zero-order valence-corrected chi connectivity index (χ0v) is 9.59. The molecule has 0 amide bonds. The van der Waals surface area contributed by atoms with E-state index in [0.717, 1.165) is 6.42 Å². The minimum Gasteiger partial charge on any atom is -0.396 e. The van der Waals surface area contributed by atoms with E-state index in [0.29, 0.717) is 5.92 Å². The quantitative estimate of drug-likeness (QED) is 0.780. The standard InChI is InChI=1S/C13H20O/c1-9-5-11(3)13(12(4)6-9)7-10(2)8-14/h5-6,10,14H,7-8H2,1-4H3. The first-order valence-corrected chi connectivity index (χ1v) is 5.22. The Hall–Kier alpha value is -0.820. The van der Waals surface area contributed by atoms with Crippen molar-refractivity contribution in [3.05, 3.63) is 34.4 Å². The molecule has 1 atom stereocenters. The number of benzene rings is 1. The van der Waals surface area contributed by atoms with Crippen LogP contribution in [0.5, 0.6) is 0 Å². The largest absolute Gasteiger partial charge is 0.396 e. The summed E-state index contributed by atoms with van der Waals surface area (Å²) in [6.45, 7) is 8.78. The second-order valence-electron chi connectivity index (χ2n) is 4.37. The first-order chi connectivity index (χ1) is 6.54. The molecule has 1 rings (SSSR count). The van der Waals surface area contributed by atoms with Gasteiger partial charge in [-0.3, -0.25) is 0 Å². The van der Waals surface area contributed by atoms with Gasteiger partial charge in [-0.15, -0.1) is 0 Å². The van der Waals surface area contributed by atoms with Crippen LogP contribution < -0.4 is 0 Å². The fourth-order valence-corrected chi connectivity index (χ4v) is 1.94. The average molecular weight is 192 g/mol. The predicted molar refractivity (Wildman–Crippen MR) is 60.6 cm³/mol. The highest BCUT2D eigenvalue weighted by molar-refractivity contribution is 5.37. The fourth-order valence-electron chi connectivity index (χ4n) is 1.94. The molecule has 1 nitrogen and oxygen atoms in total. The van der Waals surface area contributed by atoms with Crippen LogP contribution in [0.15, 0.2) is 12.1 Å². The summed E-state index contributed by atoms with van der Waals surface area (Å²) in [5.74, 6) is 0.357. The van der Waals surface area contributed by atoms with Crippen molar-refractivity contribution < 1.29 is 5.11 Å². The highest BCUT2D eigenvalue weighted by atomic mass is 16.3. The van der Waals surface area contributed by atoms with E-state index in [1.807, 2.05) is 0 Å². The lowest BCUT2D eigenvalue weighted by Gasteiger charge is -2.14. The van der Waals surface area contributed by atoms with Crippen LogP contribution in [0.3, 0.4) is 0 Å². The molecule has 0 fully saturated rings. The molecular weight excluding hydrogens is 172 g/mol. The molecule has 0 heterocycles. The summed E-state index contributed by atoms with van der Waals surface area (Å²) in [5, 5.41) is 9.03. The smallest absolute Gasteiger partial charge is 0.0459 e. The average Bonchev–Trinajstić information content (AvgIpc) is 2.10. The van der Waals surface area contributed by atoms with Gasteiger partial charge in [0.1, 0.15) is 0 Å². The number of aliphatic hydroxyl groups excluding tert-OH is 1. The van der Waals surface area contributed by atoms with Crippen LogP contribution in [0, 0.1) is 26.7 Å². The van der Waals surface area contributed by atoms with Crippen molar-refractivity contribution in [3.8, 4) is 0 Å². The van der Waals surface area contributed by atoms with Gasteiger partial charge in [0.2, 0.25) is 0 Å². The lowest BCUT2D eigenvalue weighted by Crippen LogP contribution is -2.07. The Bertz CT molecular complexity index is 292. The summed E-state index contributed by atoms with van der Waals surface area (Å²) in [7, 11) is 0. The third kappa shape index (κ3) is 2.58. The maximum atomic E-state index is 9.03. The van der Waals surface area contributed by atoms with Crippen molar-refractivity contribution in [2.75, 3.05) is 6.61 Å². The van der Waals surface area contributed by atoms with Gasteiger partial charge in [0, 0.05) is 6.61 Å². The second-order valence-corrected chi connectivity index (χ2v) is 4.37. The zero-order valence-electron chi connectivity index (χ0n) is 9.59. The van der Waals surface area contributed by atoms with E-state index in [9.17, 15) is 0 Å². The van der Waals surface area contributed by atoms with E-state index in [1.165, 1.54) is 22.3 Å². The van der Waals surface area contributed by atoms with Crippen LogP contribution in [0.4, 0.5) is 0 Å². The van der Waals surface area contributed by atoms with Crippen LogP contribution in [-0.2, 0) is 6.42 Å². The third-order valence-electron chi connectivity index (χ3n) is 2.70. The molecule has 0 spiro atoms. The summed E-state index contributed by atoms with van der Waals surface area (Å²) in [5.41, 5.74) is 5.42. The molecule has 0 bridgehead atoms. The maximum Gasteiger partial charge on any atom is 0.0459 e. The SMILES string of the molecule is Cc1cc(C)c(CC(C)CO)c(C)c1. The normalized spacial score (nSPS) is 12.9. The van der Waals surface area contributed by atoms with Crippen molar-refractivity contribution in [2.24, 2.45) is 5.92 Å². The van der Waals surface area contributed by atoms with Gasteiger partial charge in [0.05, 0.1) is 0 Å². The first-order valence-electron chi connectivity index (χ1n) is 5.22. The van der Waals surface area contributed by atoms with Gasteiger partial charge in [0.25, 0.3) is 0 Å². The Kier molecular flexibility index (Phi) is 3.70. The molecule has 1 aromatic rings. The van der Waals surface area contributed by atoms with Gasteiger partial charge in [-0.25, -0.2) is 0 Å². The molecule has 1 heteroatoms. The number of rotatable bonds is 3. The lowest BCUT2D eigenvalue weighted by molar-refractivity contribution is 0.237. The van der Waals surface area contributed by atoms with Gasteiger partial charge >= 0.3 is 0 Å². The molecule has 0 saturated carbocycles. The summed E-state index contributed by atoms with van der Waals surface area (Å²) in [4.78, 5) is 0. The van der Waals surface area contributed by atoms with E-state index in [4.69, 9.17) is 5.11 Å². The Balaban J connectivity index is 2.96. The van der Waals surface area contributed by atoms with Crippen molar-refractivity contribution >= 4 is 0 Å². The van der Waals surface area contributed by atoms with Crippen LogP contribution in [0.2, 0.25) is 0 Å². The molecule has 78 valence electrons. The topological polar surface area (TPSA) is 20.2 Å². The molecule has 0 saturated heterocycles. The van der Waals surface area contributed by atoms with E-state index in [2.05, 4.69) is 39.8 Å². The molecule has 0 aliphatic rings. The Morgan fingerprint density at radius 3 is 2.07 bits per heavy atom. The lowest BCUT2D eigenvalue weighted by atomic mass is 9.92. The van der Waals surface area contributed by atoms with E-state index in [1.54, 1.807) is 0 Å². The predicted octanol–water partition coefficient (Wildman–Crippen LogP) is 2.78.